The fraction of sp³-hybridized carbons (Fsp3) is 0.0833. The smallest absolute Gasteiger partial charge is 0.363 e. The fourth-order valence-electron chi connectivity index (χ4n) is 3.00. The van der Waals surface area contributed by atoms with Gasteiger partial charge in [0.15, 0.2) is 17.2 Å². The molecule has 5 nitrogen and oxygen atoms in total. The number of ether oxygens (including phenoxy) is 3. The van der Waals surface area contributed by atoms with E-state index in [0.717, 1.165) is 24.7 Å². The van der Waals surface area contributed by atoms with Gasteiger partial charge in [0.05, 0.1) is 7.11 Å². The van der Waals surface area contributed by atoms with Crippen molar-refractivity contribution in [2.75, 3.05) is 7.11 Å². The van der Waals surface area contributed by atoms with Crippen LogP contribution < -0.4 is 9.47 Å². The number of halogens is 3. The van der Waals surface area contributed by atoms with Crippen LogP contribution in [0, 0.1) is 3.57 Å². The van der Waals surface area contributed by atoms with Gasteiger partial charge < -0.3 is 14.2 Å². The van der Waals surface area contributed by atoms with Crippen LogP contribution in [0.2, 0.25) is 5.02 Å². The number of aliphatic imine (C=N–C) groups is 1. The molecule has 0 fully saturated rings. The van der Waals surface area contributed by atoms with Crippen LogP contribution >= 0.6 is 50.1 Å². The second-order valence-electron chi connectivity index (χ2n) is 6.79. The molecule has 0 spiro atoms. The zero-order valence-electron chi connectivity index (χ0n) is 16.8. The first kappa shape index (κ1) is 22.8. The molecule has 162 valence electrons. The summed E-state index contributed by atoms with van der Waals surface area (Å²) in [5, 5.41) is 0.654. The average Bonchev–Trinajstić information content (AvgIpc) is 3.14. The molecule has 0 radical (unpaired) electrons. The Morgan fingerprint density at radius 3 is 2.72 bits per heavy atom. The van der Waals surface area contributed by atoms with Gasteiger partial charge in [0.2, 0.25) is 5.90 Å². The number of carbonyl (C=O) groups excluding carboxylic acids is 1. The van der Waals surface area contributed by atoms with E-state index in [1.54, 1.807) is 25.3 Å². The molecule has 3 aromatic rings. The summed E-state index contributed by atoms with van der Waals surface area (Å²) in [5.41, 5.74) is 2.61. The number of hydrogen-bond donors (Lipinski definition) is 0. The maximum atomic E-state index is 12.3. The minimum absolute atomic E-state index is 0.212. The Bertz CT molecular complexity index is 1260. The van der Waals surface area contributed by atoms with Gasteiger partial charge in [-0.15, -0.1) is 0 Å². The highest BCUT2D eigenvalue weighted by atomic mass is 127. The minimum atomic E-state index is -0.505. The third-order valence-electron chi connectivity index (χ3n) is 4.56. The first-order chi connectivity index (χ1) is 15.4. The van der Waals surface area contributed by atoms with Gasteiger partial charge >= 0.3 is 5.97 Å². The molecular weight excluding hydrogens is 609 g/mol. The van der Waals surface area contributed by atoms with Crippen LogP contribution in [-0.4, -0.2) is 19.0 Å². The number of nitrogens with zero attached hydrogens (tertiary/aromatic N) is 1. The summed E-state index contributed by atoms with van der Waals surface area (Å²) in [5.74, 6) is 0.886. The number of benzene rings is 3. The molecule has 1 aliphatic heterocycles. The molecule has 0 aliphatic carbocycles. The Labute approximate surface area is 212 Å². The lowest BCUT2D eigenvalue weighted by Crippen LogP contribution is -2.05. The second kappa shape index (κ2) is 10.1. The van der Waals surface area contributed by atoms with E-state index < -0.39 is 5.97 Å². The van der Waals surface area contributed by atoms with Crippen molar-refractivity contribution in [1.29, 1.82) is 0 Å². The lowest BCUT2D eigenvalue weighted by atomic mass is 10.1. The lowest BCUT2D eigenvalue weighted by molar-refractivity contribution is -0.129. The second-order valence-corrected chi connectivity index (χ2v) is 9.25. The molecule has 0 aromatic heterocycles. The van der Waals surface area contributed by atoms with Crippen molar-refractivity contribution in [1.82, 2.24) is 0 Å². The molecule has 0 atom stereocenters. The molecule has 1 heterocycles. The largest absolute Gasteiger partial charge is 0.493 e. The molecule has 0 unspecified atom stereocenters. The summed E-state index contributed by atoms with van der Waals surface area (Å²) in [4.78, 5) is 16.7. The van der Waals surface area contributed by atoms with Crippen LogP contribution in [0.1, 0.15) is 16.7 Å². The van der Waals surface area contributed by atoms with Crippen LogP contribution in [0.15, 0.2) is 75.8 Å². The van der Waals surface area contributed by atoms with Crippen molar-refractivity contribution in [3.8, 4) is 11.5 Å². The Kier molecular flexibility index (Phi) is 7.17. The molecule has 8 heteroatoms. The van der Waals surface area contributed by atoms with E-state index in [1.165, 1.54) is 0 Å². The van der Waals surface area contributed by atoms with Crippen molar-refractivity contribution in [3.63, 3.8) is 0 Å². The third kappa shape index (κ3) is 5.33. The van der Waals surface area contributed by atoms with Gasteiger partial charge in [-0.2, -0.15) is 0 Å². The van der Waals surface area contributed by atoms with Crippen molar-refractivity contribution < 1.29 is 19.0 Å². The predicted molar refractivity (Wildman–Crippen MR) is 136 cm³/mol. The summed E-state index contributed by atoms with van der Waals surface area (Å²) in [6, 6.07) is 18.5. The Morgan fingerprint density at radius 1 is 1.12 bits per heavy atom. The normalized spacial score (nSPS) is 14.3. The quantitative estimate of drug-likeness (QED) is 0.175. The van der Waals surface area contributed by atoms with Crippen molar-refractivity contribution in [2.45, 2.75) is 6.61 Å². The Hall–Kier alpha value is -2.36. The van der Waals surface area contributed by atoms with Gasteiger partial charge in [-0.1, -0.05) is 29.8 Å². The first-order valence-electron chi connectivity index (χ1n) is 9.46. The zero-order chi connectivity index (χ0) is 22.7. The molecule has 0 amide bonds. The lowest BCUT2D eigenvalue weighted by Gasteiger charge is -2.11. The summed E-state index contributed by atoms with van der Waals surface area (Å²) >= 11 is 11.7. The van der Waals surface area contributed by atoms with Gasteiger partial charge in [0, 0.05) is 18.6 Å². The number of methoxy groups -OCH3 is 1. The van der Waals surface area contributed by atoms with Crippen molar-refractivity contribution in [3.05, 3.63) is 96.1 Å². The SMILES string of the molecule is COc1cc(/C=C2\N=C(c3ccc(I)c(Br)c3)OC2=O)ccc1OCc1cccc(Cl)c1. The van der Waals surface area contributed by atoms with E-state index in [-0.39, 0.29) is 11.6 Å². The summed E-state index contributed by atoms with van der Waals surface area (Å²) in [6.07, 6.45) is 1.65. The summed E-state index contributed by atoms with van der Waals surface area (Å²) < 4.78 is 18.7. The van der Waals surface area contributed by atoms with E-state index in [0.29, 0.717) is 23.1 Å². The standard InChI is InChI=1S/C24H16BrClINO4/c1-30-22-11-14(5-8-21(22)31-13-15-3-2-4-17(26)9-15)10-20-24(29)32-23(28-20)16-6-7-19(27)18(25)12-16/h2-12H,13H2,1H3/b20-10-. The van der Waals surface area contributed by atoms with E-state index in [9.17, 15) is 4.79 Å². The van der Waals surface area contributed by atoms with E-state index >= 15 is 0 Å². The molecule has 0 bridgehead atoms. The summed E-state index contributed by atoms with van der Waals surface area (Å²) in [7, 11) is 1.56. The van der Waals surface area contributed by atoms with Gasteiger partial charge in [-0.05, 0) is 98.2 Å². The number of carbonyl (C=O) groups is 1. The number of esters is 1. The van der Waals surface area contributed by atoms with Crippen LogP contribution in [0.5, 0.6) is 11.5 Å². The van der Waals surface area contributed by atoms with Crippen molar-refractivity contribution in [2.24, 2.45) is 4.99 Å². The highest BCUT2D eigenvalue weighted by Crippen LogP contribution is 2.31. The van der Waals surface area contributed by atoms with Crippen molar-refractivity contribution >= 4 is 68.1 Å². The van der Waals surface area contributed by atoms with E-state index in [1.807, 2.05) is 48.5 Å². The molecule has 1 aliphatic rings. The molecule has 0 N–H and O–H groups in total. The molecular formula is C24H16BrClINO4. The van der Waals surface area contributed by atoms with Gasteiger partial charge in [-0.3, -0.25) is 0 Å². The van der Waals surface area contributed by atoms with Gasteiger partial charge in [0.1, 0.15) is 6.61 Å². The average molecular weight is 625 g/mol. The zero-order valence-corrected chi connectivity index (χ0v) is 21.3. The minimum Gasteiger partial charge on any atom is -0.493 e. The number of hydrogen-bond acceptors (Lipinski definition) is 5. The molecule has 0 saturated carbocycles. The molecule has 0 saturated heterocycles. The van der Waals surface area contributed by atoms with Gasteiger partial charge in [-0.25, -0.2) is 9.79 Å². The van der Waals surface area contributed by atoms with Crippen LogP contribution in [-0.2, 0) is 16.1 Å². The molecule has 32 heavy (non-hydrogen) atoms. The monoisotopic (exact) mass is 623 g/mol. The molecule has 3 aromatic carbocycles. The fourth-order valence-corrected chi connectivity index (χ4v) is 3.93. The Balaban J connectivity index is 1.54. The third-order valence-corrected chi connectivity index (χ3v) is 7.13. The van der Waals surface area contributed by atoms with E-state index in [4.69, 9.17) is 25.8 Å². The van der Waals surface area contributed by atoms with Crippen LogP contribution in [0.25, 0.3) is 6.08 Å². The maximum Gasteiger partial charge on any atom is 0.363 e. The topological polar surface area (TPSA) is 57.1 Å². The van der Waals surface area contributed by atoms with Crippen LogP contribution in [0.3, 0.4) is 0 Å². The first-order valence-corrected chi connectivity index (χ1v) is 11.7. The summed E-state index contributed by atoms with van der Waals surface area (Å²) in [6.45, 7) is 0.350. The van der Waals surface area contributed by atoms with E-state index in [2.05, 4.69) is 43.5 Å². The Morgan fingerprint density at radius 2 is 1.97 bits per heavy atom. The number of rotatable bonds is 6. The highest BCUT2D eigenvalue weighted by Gasteiger charge is 2.24. The molecule has 4 rings (SSSR count). The number of cyclic esters (lactones) is 1. The predicted octanol–water partition coefficient (Wildman–Crippen LogP) is 6.64. The van der Waals surface area contributed by atoms with Gasteiger partial charge in [0.25, 0.3) is 0 Å². The van der Waals surface area contributed by atoms with Crippen LogP contribution in [0.4, 0.5) is 0 Å². The highest BCUT2D eigenvalue weighted by molar-refractivity contribution is 14.1. The maximum absolute atomic E-state index is 12.3.